The number of nitrogens with two attached hydrogens (primary N) is 1. The first-order chi connectivity index (χ1) is 8.06. The first-order valence-electron chi connectivity index (χ1n) is 5.04. The zero-order valence-corrected chi connectivity index (χ0v) is 9.79. The van der Waals surface area contributed by atoms with Gasteiger partial charge in [-0.1, -0.05) is 12.2 Å². The van der Waals surface area contributed by atoms with E-state index in [9.17, 15) is 9.59 Å². The van der Waals surface area contributed by atoms with Crippen LogP contribution in [0.2, 0.25) is 0 Å². The summed E-state index contributed by atoms with van der Waals surface area (Å²) in [6.07, 6.45) is 0. The van der Waals surface area contributed by atoms with E-state index in [4.69, 9.17) is 18.0 Å². The third kappa shape index (κ3) is 2.59. The molecule has 88 valence electrons. The van der Waals surface area contributed by atoms with E-state index in [1.54, 1.807) is 29.2 Å². The van der Waals surface area contributed by atoms with Crippen molar-refractivity contribution in [3.63, 3.8) is 0 Å². The van der Waals surface area contributed by atoms with Crippen molar-refractivity contribution in [1.82, 2.24) is 5.32 Å². The molecule has 0 aliphatic carbocycles. The fraction of sp³-hybridized carbons (Fsp3) is 0.182. The molecular weight excluding hydrogens is 238 g/mol. The van der Waals surface area contributed by atoms with Gasteiger partial charge in [-0.3, -0.25) is 14.9 Å². The molecule has 17 heavy (non-hydrogen) atoms. The van der Waals surface area contributed by atoms with E-state index in [0.29, 0.717) is 4.99 Å². The van der Waals surface area contributed by atoms with E-state index in [-0.39, 0.29) is 24.9 Å². The molecule has 1 fully saturated rings. The van der Waals surface area contributed by atoms with Crippen LogP contribution in [0.3, 0.4) is 0 Å². The Balaban J connectivity index is 2.19. The van der Waals surface area contributed by atoms with Gasteiger partial charge in [0.25, 0.3) is 0 Å². The standard InChI is InChI=1S/C11H11N3O2S/c12-11(17)7-1-3-8(4-2-7)14-5-9(15)13-10(16)6-14/h1-4H,5-6H2,(H2,12,17)(H,13,15,16). The molecule has 6 heteroatoms. The van der Waals surface area contributed by atoms with Crippen LogP contribution in [0.25, 0.3) is 0 Å². The minimum Gasteiger partial charge on any atom is -0.389 e. The van der Waals surface area contributed by atoms with Gasteiger partial charge in [0.15, 0.2) is 0 Å². The van der Waals surface area contributed by atoms with Crippen molar-refractivity contribution in [1.29, 1.82) is 0 Å². The highest BCUT2D eigenvalue weighted by molar-refractivity contribution is 7.80. The van der Waals surface area contributed by atoms with Crippen molar-refractivity contribution in [2.45, 2.75) is 0 Å². The Bertz CT molecular complexity index is 468. The van der Waals surface area contributed by atoms with Crippen LogP contribution >= 0.6 is 12.2 Å². The maximum atomic E-state index is 11.2. The minimum absolute atomic E-state index is 0.179. The van der Waals surface area contributed by atoms with Crippen LogP contribution in [0.5, 0.6) is 0 Å². The molecule has 1 heterocycles. The van der Waals surface area contributed by atoms with E-state index >= 15 is 0 Å². The molecule has 0 aromatic heterocycles. The molecule has 0 saturated carbocycles. The summed E-state index contributed by atoms with van der Waals surface area (Å²) < 4.78 is 0. The number of carbonyl (C=O) groups is 2. The highest BCUT2D eigenvalue weighted by atomic mass is 32.1. The number of carbonyl (C=O) groups excluding carboxylic acids is 2. The second-order valence-electron chi connectivity index (χ2n) is 3.74. The Morgan fingerprint density at radius 1 is 1.18 bits per heavy atom. The largest absolute Gasteiger partial charge is 0.389 e. The first kappa shape index (κ1) is 11.5. The van der Waals surface area contributed by atoms with Gasteiger partial charge in [-0.15, -0.1) is 0 Å². The van der Waals surface area contributed by atoms with Crippen LogP contribution < -0.4 is 16.0 Å². The van der Waals surface area contributed by atoms with Gasteiger partial charge < -0.3 is 10.6 Å². The summed E-state index contributed by atoms with van der Waals surface area (Å²) in [7, 11) is 0. The van der Waals surface area contributed by atoms with Crippen LogP contribution in [0.15, 0.2) is 24.3 Å². The number of thiocarbonyl (C=S) groups is 1. The van der Waals surface area contributed by atoms with E-state index in [2.05, 4.69) is 5.32 Å². The normalized spacial score (nSPS) is 15.6. The number of anilines is 1. The summed E-state index contributed by atoms with van der Waals surface area (Å²) in [6.45, 7) is 0.357. The molecule has 0 unspecified atom stereocenters. The molecule has 1 aromatic carbocycles. The van der Waals surface area contributed by atoms with Gasteiger partial charge in [-0.2, -0.15) is 0 Å². The summed E-state index contributed by atoms with van der Waals surface area (Å²) >= 11 is 4.85. The van der Waals surface area contributed by atoms with E-state index in [0.717, 1.165) is 11.3 Å². The molecule has 1 aliphatic heterocycles. The van der Waals surface area contributed by atoms with Gasteiger partial charge in [0.05, 0.1) is 13.1 Å². The molecule has 2 rings (SSSR count). The summed E-state index contributed by atoms with van der Waals surface area (Å²) in [6, 6.07) is 7.13. The number of benzene rings is 1. The fourth-order valence-corrected chi connectivity index (χ4v) is 1.79. The zero-order chi connectivity index (χ0) is 12.4. The van der Waals surface area contributed by atoms with Crippen molar-refractivity contribution in [2.24, 2.45) is 5.73 Å². The maximum Gasteiger partial charge on any atom is 0.246 e. The van der Waals surface area contributed by atoms with E-state index in [1.165, 1.54) is 0 Å². The lowest BCUT2D eigenvalue weighted by Crippen LogP contribution is -2.51. The molecule has 1 saturated heterocycles. The first-order valence-corrected chi connectivity index (χ1v) is 5.44. The number of imide groups is 1. The highest BCUT2D eigenvalue weighted by Crippen LogP contribution is 2.16. The number of nitrogens with zero attached hydrogens (tertiary/aromatic N) is 1. The zero-order valence-electron chi connectivity index (χ0n) is 8.97. The van der Waals surface area contributed by atoms with Crippen LogP contribution in [0.1, 0.15) is 5.56 Å². The van der Waals surface area contributed by atoms with Gasteiger partial charge in [0, 0.05) is 11.3 Å². The van der Waals surface area contributed by atoms with E-state index in [1.807, 2.05) is 0 Å². The van der Waals surface area contributed by atoms with Crippen molar-refractivity contribution in [3.05, 3.63) is 29.8 Å². The van der Waals surface area contributed by atoms with Gasteiger partial charge >= 0.3 is 0 Å². The topological polar surface area (TPSA) is 75.4 Å². The monoisotopic (exact) mass is 249 g/mol. The molecule has 2 amide bonds. The molecule has 0 bridgehead atoms. The van der Waals surface area contributed by atoms with Gasteiger partial charge in [-0.05, 0) is 24.3 Å². The molecule has 3 N–H and O–H groups in total. The lowest BCUT2D eigenvalue weighted by Gasteiger charge is -2.27. The summed E-state index contributed by atoms with van der Waals surface area (Å²) in [5, 5.41) is 2.25. The van der Waals surface area contributed by atoms with Crippen LogP contribution in [0.4, 0.5) is 5.69 Å². The fourth-order valence-electron chi connectivity index (χ4n) is 1.66. The van der Waals surface area contributed by atoms with Crippen molar-refractivity contribution >= 4 is 34.7 Å². The van der Waals surface area contributed by atoms with Crippen LogP contribution in [0, 0.1) is 0 Å². The number of amides is 2. The number of rotatable bonds is 2. The molecule has 5 nitrogen and oxygen atoms in total. The number of hydrogen-bond acceptors (Lipinski definition) is 4. The Labute approximate surface area is 104 Å². The third-order valence-corrected chi connectivity index (χ3v) is 2.70. The highest BCUT2D eigenvalue weighted by Gasteiger charge is 2.22. The number of hydrogen-bond donors (Lipinski definition) is 2. The molecule has 1 aromatic rings. The summed E-state index contributed by atoms with van der Waals surface area (Å²) in [5.41, 5.74) is 7.05. The average molecular weight is 249 g/mol. The SMILES string of the molecule is NC(=S)c1ccc(N2CC(=O)NC(=O)C2)cc1. The van der Waals surface area contributed by atoms with Crippen molar-refractivity contribution in [2.75, 3.05) is 18.0 Å². The lowest BCUT2D eigenvalue weighted by atomic mass is 10.2. The molecule has 1 aliphatic rings. The second-order valence-corrected chi connectivity index (χ2v) is 4.18. The van der Waals surface area contributed by atoms with Crippen LogP contribution in [-0.4, -0.2) is 29.9 Å². The minimum atomic E-state index is -0.292. The Kier molecular flexibility index (Phi) is 3.06. The van der Waals surface area contributed by atoms with Gasteiger partial charge in [-0.25, -0.2) is 0 Å². The Morgan fingerprint density at radius 3 is 2.18 bits per heavy atom. The van der Waals surface area contributed by atoms with Crippen molar-refractivity contribution in [3.8, 4) is 0 Å². The lowest BCUT2D eigenvalue weighted by molar-refractivity contribution is -0.130. The van der Waals surface area contributed by atoms with E-state index < -0.39 is 0 Å². The third-order valence-electron chi connectivity index (χ3n) is 2.46. The molecule has 0 spiro atoms. The Morgan fingerprint density at radius 2 is 1.71 bits per heavy atom. The summed E-state index contributed by atoms with van der Waals surface area (Å²) in [4.78, 5) is 24.5. The molecular formula is C11H11N3O2S. The molecule has 0 atom stereocenters. The predicted molar refractivity (Wildman–Crippen MR) is 67.7 cm³/mol. The predicted octanol–water partition coefficient (Wildman–Crippen LogP) is -0.216. The van der Waals surface area contributed by atoms with Gasteiger partial charge in [0.1, 0.15) is 4.99 Å². The molecule has 0 radical (unpaired) electrons. The number of nitrogens with one attached hydrogen (secondary N) is 1. The van der Waals surface area contributed by atoms with Gasteiger partial charge in [0.2, 0.25) is 11.8 Å². The smallest absolute Gasteiger partial charge is 0.246 e. The van der Waals surface area contributed by atoms with Crippen molar-refractivity contribution < 1.29 is 9.59 Å². The second kappa shape index (κ2) is 4.50. The Hall–Kier alpha value is -1.95. The average Bonchev–Trinajstić information content (AvgIpc) is 2.28. The number of piperazine rings is 1. The van der Waals surface area contributed by atoms with Crippen LogP contribution in [-0.2, 0) is 9.59 Å². The quantitative estimate of drug-likeness (QED) is 0.560. The summed E-state index contributed by atoms with van der Waals surface area (Å²) in [5.74, 6) is -0.584. The maximum absolute atomic E-state index is 11.2.